The molecule has 3 heterocycles. The molecule has 0 fully saturated rings. The Balaban J connectivity index is 1.85. The van der Waals surface area contributed by atoms with Gasteiger partial charge >= 0.3 is 6.01 Å². The Labute approximate surface area is 146 Å². The summed E-state index contributed by atoms with van der Waals surface area (Å²) in [5, 5.41) is 0.991. The van der Waals surface area contributed by atoms with Gasteiger partial charge in [-0.3, -0.25) is 9.88 Å². The van der Waals surface area contributed by atoms with Crippen LogP contribution in [-0.2, 0) is 13.1 Å². The summed E-state index contributed by atoms with van der Waals surface area (Å²) in [6.07, 6.45) is 4.64. The van der Waals surface area contributed by atoms with Crippen molar-refractivity contribution in [2.45, 2.75) is 26.4 Å². The van der Waals surface area contributed by atoms with Gasteiger partial charge in [0.15, 0.2) is 0 Å². The van der Waals surface area contributed by atoms with Crippen molar-refractivity contribution in [3.8, 4) is 17.1 Å². The van der Waals surface area contributed by atoms with E-state index in [0.717, 1.165) is 59.5 Å². The zero-order valence-electron chi connectivity index (χ0n) is 14.5. The van der Waals surface area contributed by atoms with Crippen LogP contribution in [0.15, 0.2) is 30.6 Å². The predicted molar refractivity (Wildman–Crippen MR) is 98.1 cm³/mol. The standard InChI is InChI=1S/C19H21N5O/c1-3-7-24-10-15-16(11-24)23-18-13(5-4-6-14(18)17(15)20)12-8-21-19(25-2)22-9-12/h4-6,8-9H,3,7,10-11H2,1-2H3,(H2,20,23). The molecule has 4 rings (SSSR count). The summed E-state index contributed by atoms with van der Waals surface area (Å²) in [5.74, 6) is 0. The molecule has 0 radical (unpaired) electrons. The second kappa shape index (κ2) is 6.29. The molecule has 0 atom stereocenters. The van der Waals surface area contributed by atoms with Crippen LogP contribution in [0.4, 0.5) is 5.69 Å². The highest BCUT2D eigenvalue weighted by Gasteiger charge is 2.24. The van der Waals surface area contributed by atoms with E-state index in [1.807, 2.05) is 18.2 Å². The molecule has 1 aliphatic heterocycles. The van der Waals surface area contributed by atoms with Crippen molar-refractivity contribution in [2.75, 3.05) is 19.4 Å². The Morgan fingerprint density at radius 3 is 2.72 bits per heavy atom. The van der Waals surface area contributed by atoms with Gasteiger partial charge in [-0.05, 0) is 13.0 Å². The van der Waals surface area contributed by atoms with Crippen LogP contribution in [-0.4, -0.2) is 33.5 Å². The average Bonchev–Trinajstić information content (AvgIpc) is 3.05. The summed E-state index contributed by atoms with van der Waals surface area (Å²) in [4.78, 5) is 15.8. The number of para-hydroxylation sites is 1. The highest BCUT2D eigenvalue weighted by atomic mass is 16.5. The topological polar surface area (TPSA) is 77.2 Å². The third kappa shape index (κ3) is 2.68. The van der Waals surface area contributed by atoms with E-state index in [9.17, 15) is 0 Å². The van der Waals surface area contributed by atoms with E-state index in [-0.39, 0.29) is 0 Å². The first-order valence-electron chi connectivity index (χ1n) is 8.50. The number of pyridine rings is 1. The van der Waals surface area contributed by atoms with E-state index in [2.05, 4.69) is 21.8 Å². The highest BCUT2D eigenvalue weighted by molar-refractivity contribution is 6.00. The number of nitrogen functional groups attached to an aromatic ring is 1. The molecule has 0 unspecified atom stereocenters. The first kappa shape index (κ1) is 15.8. The summed E-state index contributed by atoms with van der Waals surface area (Å²) < 4.78 is 5.04. The Hall–Kier alpha value is -2.73. The van der Waals surface area contributed by atoms with E-state index < -0.39 is 0 Å². The van der Waals surface area contributed by atoms with E-state index >= 15 is 0 Å². The smallest absolute Gasteiger partial charge is 0.316 e. The van der Waals surface area contributed by atoms with Crippen LogP contribution in [0, 0.1) is 0 Å². The lowest BCUT2D eigenvalue weighted by Crippen LogP contribution is -2.16. The number of aromatic nitrogens is 3. The third-order valence-corrected chi connectivity index (χ3v) is 4.66. The molecule has 3 aromatic rings. The van der Waals surface area contributed by atoms with Crippen LogP contribution in [0.1, 0.15) is 24.6 Å². The number of hydrogen-bond acceptors (Lipinski definition) is 6. The SMILES string of the molecule is CCCN1Cc2nc3c(-c4cnc(OC)nc4)cccc3c(N)c2C1. The number of hydrogen-bond donors (Lipinski definition) is 1. The van der Waals surface area contributed by atoms with Gasteiger partial charge < -0.3 is 10.5 Å². The number of ether oxygens (including phenoxy) is 1. The zero-order chi connectivity index (χ0) is 17.4. The van der Waals surface area contributed by atoms with Crippen molar-refractivity contribution in [3.63, 3.8) is 0 Å². The van der Waals surface area contributed by atoms with Gasteiger partial charge in [0.1, 0.15) is 0 Å². The lowest BCUT2D eigenvalue weighted by atomic mass is 10.0. The maximum absolute atomic E-state index is 6.50. The molecule has 1 aromatic carbocycles. The summed E-state index contributed by atoms with van der Waals surface area (Å²) in [6.45, 7) is 4.99. The van der Waals surface area contributed by atoms with E-state index in [1.54, 1.807) is 19.5 Å². The van der Waals surface area contributed by atoms with Crippen LogP contribution in [0.2, 0.25) is 0 Å². The molecule has 1 aliphatic rings. The first-order valence-corrected chi connectivity index (χ1v) is 8.50. The molecular weight excluding hydrogens is 314 g/mol. The summed E-state index contributed by atoms with van der Waals surface area (Å²) >= 11 is 0. The van der Waals surface area contributed by atoms with Crippen molar-refractivity contribution >= 4 is 16.6 Å². The van der Waals surface area contributed by atoms with Gasteiger partial charge in [-0.2, -0.15) is 0 Å². The Morgan fingerprint density at radius 1 is 1.20 bits per heavy atom. The number of benzene rings is 1. The number of rotatable bonds is 4. The number of fused-ring (bicyclic) bond motifs is 2. The minimum Gasteiger partial charge on any atom is -0.467 e. The van der Waals surface area contributed by atoms with E-state index in [1.165, 1.54) is 5.56 Å². The van der Waals surface area contributed by atoms with Gasteiger partial charge in [-0.25, -0.2) is 9.97 Å². The Morgan fingerprint density at radius 2 is 2.00 bits per heavy atom. The van der Waals surface area contributed by atoms with Crippen LogP contribution in [0.5, 0.6) is 6.01 Å². The second-order valence-corrected chi connectivity index (χ2v) is 6.32. The largest absolute Gasteiger partial charge is 0.467 e. The number of anilines is 1. The number of nitrogens with zero attached hydrogens (tertiary/aromatic N) is 4. The molecule has 0 aliphatic carbocycles. The molecule has 2 N–H and O–H groups in total. The zero-order valence-corrected chi connectivity index (χ0v) is 14.5. The fourth-order valence-electron chi connectivity index (χ4n) is 3.47. The van der Waals surface area contributed by atoms with Crippen LogP contribution in [0.25, 0.3) is 22.0 Å². The first-order chi connectivity index (χ1) is 12.2. The molecule has 128 valence electrons. The molecule has 0 amide bonds. The number of nitrogens with two attached hydrogens (primary N) is 1. The van der Waals surface area contributed by atoms with Gasteiger partial charge in [0.05, 0.1) is 18.3 Å². The monoisotopic (exact) mass is 335 g/mol. The van der Waals surface area contributed by atoms with Gasteiger partial charge in [0, 0.05) is 53.2 Å². The van der Waals surface area contributed by atoms with Crippen molar-refractivity contribution in [3.05, 3.63) is 41.9 Å². The van der Waals surface area contributed by atoms with Crippen LogP contribution in [0.3, 0.4) is 0 Å². The minimum absolute atomic E-state index is 0.354. The van der Waals surface area contributed by atoms with Crippen LogP contribution < -0.4 is 10.5 Å². The second-order valence-electron chi connectivity index (χ2n) is 6.32. The van der Waals surface area contributed by atoms with Crippen molar-refractivity contribution in [2.24, 2.45) is 0 Å². The Bertz CT molecular complexity index is 923. The van der Waals surface area contributed by atoms with Gasteiger partial charge in [-0.1, -0.05) is 25.1 Å². The number of methoxy groups -OCH3 is 1. The summed E-state index contributed by atoms with van der Waals surface area (Å²) in [5.41, 5.74) is 12.4. The minimum atomic E-state index is 0.354. The quantitative estimate of drug-likeness (QED) is 0.790. The maximum atomic E-state index is 6.50. The van der Waals surface area contributed by atoms with Gasteiger partial charge in [-0.15, -0.1) is 0 Å². The molecule has 25 heavy (non-hydrogen) atoms. The highest BCUT2D eigenvalue weighted by Crippen LogP contribution is 2.36. The lowest BCUT2D eigenvalue weighted by molar-refractivity contribution is 0.283. The van der Waals surface area contributed by atoms with E-state index in [0.29, 0.717) is 6.01 Å². The molecule has 6 nitrogen and oxygen atoms in total. The van der Waals surface area contributed by atoms with Gasteiger partial charge in [0.25, 0.3) is 0 Å². The fourth-order valence-corrected chi connectivity index (χ4v) is 3.47. The maximum Gasteiger partial charge on any atom is 0.316 e. The molecule has 0 saturated carbocycles. The molecule has 0 bridgehead atoms. The lowest BCUT2D eigenvalue weighted by Gasteiger charge is -2.12. The average molecular weight is 335 g/mol. The molecule has 0 spiro atoms. The fraction of sp³-hybridized carbons (Fsp3) is 0.316. The molecular formula is C19H21N5O. The molecule has 0 saturated heterocycles. The summed E-state index contributed by atoms with van der Waals surface area (Å²) in [7, 11) is 1.56. The third-order valence-electron chi connectivity index (χ3n) is 4.66. The van der Waals surface area contributed by atoms with Crippen molar-refractivity contribution < 1.29 is 4.74 Å². The molecule has 2 aromatic heterocycles. The predicted octanol–water partition coefficient (Wildman–Crippen LogP) is 3.01. The summed E-state index contributed by atoms with van der Waals surface area (Å²) in [6, 6.07) is 6.43. The normalized spacial score (nSPS) is 14.0. The van der Waals surface area contributed by atoms with Crippen molar-refractivity contribution in [1.29, 1.82) is 0 Å². The molecule has 6 heteroatoms. The Kier molecular flexibility index (Phi) is 3.97. The van der Waals surface area contributed by atoms with Crippen LogP contribution >= 0.6 is 0 Å². The van der Waals surface area contributed by atoms with Gasteiger partial charge in [0.2, 0.25) is 0 Å². The van der Waals surface area contributed by atoms with E-state index in [4.69, 9.17) is 15.5 Å². The van der Waals surface area contributed by atoms with Crippen molar-refractivity contribution in [1.82, 2.24) is 19.9 Å².